The number of sulfonamides is 1. The number of pyridine rings is 1. The minimum atomic E-state index is -3.69. The number of aromatic nitrogens is 1. The molecule has 3 aromatic rings. The second-order valence-electron chi connectivity index (χ2n) is 5.48. The molecule has 0 atom stereocenters. The van der Waals surface area contributed by atoms with Crippen LogP contribution in [-0.4, -0.2) is 20.5 Å². The van der Waals surface area contributed by atoms with Crippen molar-refractivity contribution < 1.29 is 13.2 Å². The van der Waals surface area contributed by atoms with Crippen molar-refractivity contribution in [3.05, 3.63) is 84.2 Å². The van der Waals surface area contributed by atoms with Gasteiger partial charge < -0.3 is 4.74 Å². The van der Waals surface area contributed by atoms with E-state index in [-0.39, 0.29) is 17.3 Å². The van der Waals surface area contributed by atoms with Crippen molar-refractivity contribution >= 4 is 40.3 Å². The van der Waals surface area contributed by atoms with Crippen LogP contribution >= 0.6 is 12.4 Å². The highest BCUT2D eigenvalue weighted by Crippen LogP contribution is 2.23. The molecule has 0 aliphatic carbocycles. The summed E-state index contributed by atoms with van der Waals surface area (Å²) in [6, 6.07) is 17.2. The number of halogens is 1. The Labute approximate surface area is 165 Å². The molecule has 7 heteroatoms. The number of ether oxygens (including phenoxy) is 1. The molecule has 0 spiro atoms. The van der Waals surface area contributed by atoms with Gasteiger partial charge in [0.25, 0.3) is 10.0 Å². The topological polar surface area (TPSA) is 68.3 Å². The molecule has 0 fully saturated rings. The van der Waals surface area contributed by atoms with Crippen LogP contribution in [0.4, 0.5) is 5.69 Å². The normalized spacial score (nSPS) is 11.0. The van der Waals surface area contributed by atoms with Crippen LogP contribution in [0, 0.1) is 0 Å². The van der Waals surface area contributed by atoms with Gasteiger partial charge in [0.15, 0.2) is 0 Å². The molecule has 1 aromatic heterocycles. The molecule has 0 saturated heterocycles. The van der Waals surface area contributed by atoms with E-state index in [0.29, 0.717) is 11.4 Å². The van der Waals surface area contributed by atoms with Crippen LogP contribution in [0.25, 0.3) is 12.2 Å². The maximum absolute atomic E-state index is 12.6. The zero-order valence-corrected chi connectivity index (χ0v) is 16.2. The summed E-state index contributed by atoms with van der Waals surface area (Å²) in [6.07, 6.45) is 7.18. The molecule has 27 heavy (non-hydrogen) atoms. The van der Waals surface area contributed by atoms with Crippen molar-refractivity contribution in [2.24, 2.45) is 0 Å². The number of nitrogens with one attached hydrogen (secondary N) is 1. The molecule has 0 bridgehead atoms. The van der Waals surface area contributed by atoms with Gasteiger partial charge in [0.05, 0.1) is 17.7 Å². The highest BCUT2D eigenvalue weighted by molar-refractivity contribution is 7.92. The Hall–Kier alpha value is -2.83. The van der Waals surface area contributed by atoms with E-state index in [9.17, 15) is 8.42 Å². The Morgan fingerprint density at radius 2 is 1.59 bits per heavy atom. The Kier molecular flexibility index (Phi) is 6.98. The number of methoxy groups -OCH3 is 1. The van der Waals surface area contributed by atoms with Crippen molar-refractivity contribution in [3.63, 3.8) is 0 Å². The van der Waals surface area contributed by atoms with Crippen LogP contribution in [0.15, 0.2) is 78.0 Å². The summed E-state index contributed by atoms with van der Waals surface area (Å²) in [7, 11) is -2.16. The van der Waals surface area contributed by atoms with Gasteiger partial charge in [-0.3, -0.25) is 9.71 Å². The molecule has 0 radical (unpaired) electrons. The maximum atomic E-state index is 12.6. The number of anilines is 1. The summed E-state index contributed by atoms with van der Waals surface area (Å²) < 4.78 is 33.0. The van der Waals surface area contributed by atoms with E-state index in [0.717, 1.165) is 11.1 Å². The van der Waals surface area contributed by atoms with Crippen molar-refractivity contribution in [2.45, 2.75) is 4.90 Å². The van der Waals surface area contributed by atoms with Crippen LogP contribution in [0.1, 0.15) is 11.1 Å². The van der Waals surface area contributed by atoms with Crippen molar-refractivity contribution in [3.8, 4) is 5.75 Å². The van der Waals surface area contributed by atoms with E-state index < -0.39 is 10.0 Å². The molecule has 0 saturated carbocycles. The van der Waals surface area contributed by atoms with Crippen LogP contribution < -0.4 is 9.46 Å². The predicted molar refractivity (Wildman–Crippen MR) is 111 cm³/mol. The predicted octanol–water partition coefficient (Wildman–Crippen LogP) is 4.48. The van der Waals surface area contributed by atoms with E-state index in [1.165, 1.54) is 19.2 Å². The third-order valence-electron chi connectivity index (χ3n) is 3.74. The second kappa shape index (κ2) is 9.21. The number of hydrogen-bond acceptors (Lipinski definition) is 4. The minimum absolute atomic E-state index is 0. The molecule has 0 unspecified atom stereocenters. The second-order valence-corrected chi connectivity index (χ2v) is 7.16. The van der Waals surface area contributed by atoms with E-state index >= 15 is 0 Å². The van der Waals surface area contributed by atoms with Crippen LogP contribution in [0.2, 0.25) is 0 Å². The zero-order valence-electron chi connectivity index (χ0n) is 14.6. The third kappa shape index (κ3) is 5.32. The molecule has 0 amide bonds. The van der Waals surface area contributed by atoms with Crippen LogP contribution in [0.3, 0.4) is 0 Å². The van der Waals surface area contributed by atoms with E-state index in [1.807, 2.05) is 36.4 Å². The van der Waals surface area contributed by atoms with Gasteiger partial charge in [0, 0.05) is 12.4 Å². The summed E-state index contributed by atoms with van der Waals surface area (Å²) in [5.74, 6) is 0.602. The van der Waals surface area contributed by atoms with Crippen molar-refractivity contribution in [2.75, 3.05) is 11.8 Å². The summed E-state index contributed by atoms with van der Waals surface area (Å²) in [6.45, 7) is 0. The molecule has 0 aliphatic rings. The lowest BCUT2D eigenvalue weighted by Crippen LogP contribution is -2.13. The van der Waals surface area contributed by atoms with Gasteiger partial charge in [-0.15, -0.1) is 12.4 Å². The zero-order chi connectivity index (χ0) is 18.4. The maximum Gasteiger partial charge on any atom is 0.261 e. The molecule has 140 valence electrons. The smallest absolute Gasteiger partial charge is 0.261 e. The first kappa shape index (κ1) is 20.5. The number of para-hydroxylation sites is 1. The first-order valence-corrected chi connectivity index (χ1v) is 9.41. The van der Waals surface area contributed by atoms with Gasteiger partial charge in [0.1, 0.15) is 5.75 Å². The SMILES string of the molecule is COc1ccc(S(=O)(=O)Nc2ccccc2C=Cc2ccncc2)cc1.Cl. The van der Waals surface area contributed by atoms with Crippen molar-refractivity contribution in [1.82, 2.24) is 4.98 Å². The largest absolute Gasteiger partial charge is 0.497 e. The summed E-state index contributed by atoms with van der Waals surface area (Å²) in [5, 5.41) is 0. The number of hydrogen-bond donors (Lipinski definition) is 1. The van der Waals surface area contributed by atoms with Gasteiger partial charge >= 0.3 is 0 Å². The Morgan fingerprint density at radius 1 is 0.926 bits per heavy atom. The quantitative estimate of drug-likeness (QED) is 0.659. The fourth-order valence-corrected chi connectivity index (χ4v) is 3.44. The average Bonchev–Trinajstić information content (AvgIpc) is 2.68. The highest BCUT2D eigenvalue weighted by atomic mass is 35.5. The summed E-state index contributed by atoms with van der Waals surface area (Å²) in [4.78, 5) is 4.15. The molecule has 5 nitrogen and oxygen atoms in total. The van der Waals surface area contributed by atoms with Crippen LogP contribution in [-0.2, 0) is 10.0 Å². The fraction of sp³-hybridized carbons (Fsp3) is 0.0500. The van der Waals surface area contributed by atoms with E-state index in [2.05, 4.69) is 9.71 Å². The van der Waals surface area contributed by atoms with Gasteiger partial charge in [-0.05, 0) is 53.6 Å². The Balaban J connectivity index is 0.00000261. The molecule has 1 N–H and O–H groups in total. The highest BCUT2D eigenvalue weighted by Gasteiger charge is 2.15. The molecule has 1 heterocycles. The first-order chi connectivity index (χ1) is 12.6. The number of nitrogens with zero attached hydrogens (tertiary/aromatic N) is 1. The molecular weight excluding hydrogens is 384 g/mol. The standard InChI is InChI=1S/C20H18N2O3S.ClH/c1-25-18-8-10-19(11-9-18)26(23,24)22-20-5-3-2-4-17(20)7-6-16-12-14-21-15-13-16;/h2-15,22H,1H3;1H. The van der Waals surface area contributed by atoms with Gasteiger partial charge in [-0.1, -0.05) is 30.4 Å². The Morgan fingerprint density at radius 3 is 2.26 bits per heavy atom. The molecule has 0 aliphatic heterocycles. The van der Waals surface area contributed by atoms with E-state index in [4.69, 9.17) is 4.74 Å². The lowest BCUT2D eigenvalue weighted by Gasteiger charge is -2.11. The van der Waals surface area contributed by atoms with Gasteiger partial charge in [-0.2, -0.15) is 0 Å². The monoisotopic (exact) mass is 402 g/mol. The molecular formula is C20H19ClN2O3S. The summed E-state index contributed by atoms with van der Waals surface area (Å²) in [5.41, 5.74) is 2.25. The third-order valence-corrected chi connectivity index (χ3v) is 5.12. The van der Waals surface area contributed by atoms with Gasteiger partial charge in [0.2, 0.25) is 0 Å². The lowest BCUT2D eigenvalue weighted by atomic mass is 10.1. The average molecular weight is 403 g/mol. The molecule has 2 aromatic carbocycles. The minimum Gasteiger partial charge on any atom is -0.497 e. The fourth-order valence-electron chi connectivity index (χ4n) is 2.35. The van der Waals surface area contributed by atoms with Gasteiger partial charge in [-0.25, -0.2) is 8.42 Å². The first-order valence-electron chi connectivity index (χ1n) is 7.92. The van der Waals surface area contributed by atoms with E-state index in [1.54, 1.807) is 36.7 Å². The Bertz CT molecular complexity index is 1000. The number of benzene rings is 2. The number of rotatable bonds is 6. The lowest BCUT2D eigenvalue weighted by molar-refractivity contribution is 0.414. The van der Waals surface area contributed by atoms with Crippen molar-refractivity contribution in [1.29, 1.82) is 0 Å². The van der Waals surface area contributed by atoms with Crippen LogP contribution in [0.5, 0.6) is 5.75 Å². The molecule has 3 rings (SSSR count). The summed E-state index contributed by atoms with van der Waals surface area (Å²) >= 11 is 0.